The summed E-state index contributed by atoms with van der Waals surface area (Å²) in [5.41, 5.74) is 0.749. The van der Waals surface area contributed by atoms with Crippen molar-refractivity contribution in [2.24, 2.45) is 35.5 Å². The number of carbonyl (C=O) groups excluding carboxylic acids is 3. The minimum absolute atomic E-state index is 0.0780. The van der Waals surface area contributed by atoms with Crippen LogP contribution in [0.4, 0.5) is 0 Å². The van der Waals surface area contributed by atoms with Crippen LogP contribution in [0, 0.1) is 35.5 Å². The number of hydrogen-bond donors (Lipinski definition) is 2. The van der Waals surface area contributed by atoms with Gasteiger partial charge >= 0.3 is 10.8 Å². The first kappa shape index (κ1) is 29.9. The number of aliphatic carboxylic acids is 1. The highest BCUT2D eigenvalue weighted by Gasteiger charge is 2.70. The van der Waals surface area contributed by atoms with Crippen molar-refractivity contribution >= 4 is 58.4 Å². The maximum absolute atomic E-state index is 13.9. The van der Waals surface area contributed by atoms with Gasteiger partial charge in [0, 0.05) is 39.7 Å². The summed E-state index contributed by atoms with van der Waals surface area (Å²) < 4.78 is 6.20. The first-order valence-corrected chi connectivity index (χ1v) is 17.3. The van der Waals surface area contributed by atoms with Gasteiger partial charge in [0.2, 0.25) is 11.8 Å². The van der Waals surface area contributed by atoms with Gasteiger partial charge in [-0.2, -0.15) is 0 Å². The van der Waals surface area contributed by atoms with E-state index in [9.17, 15) is 29.1 Å². The molecule has 7 unspecified atom stereocenters. The number of ether oxygens (including phenoxy) is 1. The number of H-pyrrole nitrogens is 1. The van der Waals surface area contributed by atoms with Gasteiger partial charge in [-0.05, 0) is 67.6 Å². The summed E-state index contributed by atoms with van der Waals surface area (Å²) in [4.78, 5) is 72.1. The topological polar surface area (TPSA) is 137 Å². The van der Waals surface area contributed by atoms with Crippen LogP contribution in [-0.2, 0) is 19.2 Å². The summed E-state index contributed by atoms with van der Waals surface area (Å²) in [7, 11) is 0. The van der Waals surface area contributed by atoms with Crippen LogP contribution in [0.3, 0.4) is 0 Å². The quantitative estimate of drug-likeness (QED) is 0.425. The van der Waals surface area contributed by atoms with Crippen LogP contribution in [0.1, 0.15) is 55.9 Å². The number of likely N-dealkylation sites (tertiary alicyclic amines) is 2. The Morgan fingerprint density at radius 2 is 1.80 bits per heavy atom. The van der Waals surface area contributed by atoms with Crippen molar-refractivity contribution < 1.29 is 29.0 Å². The maximum Gasteiger partial charge on any atom is 0.327 e. The molecule has 4 heterocycles. The van der Waals surface area contributed by atoms with Crippen LogP contribution in [-0.4, -0.2) is 74.6 Å². The number of carbonyl (C=O) groups is 4. The van der Waals surface area contributed by atoms with Crippen molar-refractivity contribution in [2.45, 2.75) is 61.8 Å². The molecule has 44 heavy (non-hydrogen) atoms. The Hall–Kier alpha value is -2.83. The zero-order valence-corrected chi connectivity index (χ0v) is 26.8. The van der Waals surface area contributed by atoms with E-state index in [4.69, 9.17) is 16.3 Å². The number of rotatable bonds is 7. The molecule has 2 saturated carbocycles. The Morgan fingerprint density at radius 1 is 1.09 bits per heavy atom. The summed E-state index contributed by atoms with van der Waals surface area (Å²) in [6, 6.07) is 4.08. The molecule has 4 fully saturated rings. The lowest BCUT2D eigenvalue weighted by Crippen LogP contribution is -2.49. The Bertz CT molecular complexity index is 1600. The van der Waals surface area contributed by atoms with E-state index in [1.54, 1.807) is 37.7 Å². The molecule has 8 atom stereocenters. The molecule has 2 saturated heterocycles. The van der Waals surface area contributed by atoms with E-state index in [-0.39, 0.29) is 46.3 Å². The van der Waals surface area contributed by atoms with E-state index < -0.39 is 41.6 Å². The van der Waals surface area contributed by atoms with Crippen LogP contribution < -0.4 is 9.61 Å². The molecule has 13 heteroatoms. The van der Waals surface area contributed by atoms with Crippen LogP contribution in [0.25, 0.3) is 0 Å². The van der Waals surface area contributed by atoms with Crippen LogP contribution in [0.5, 0.6) is 5.75 Å². The van der Waals surface area contributed by atoms with Crippen molar-refractivity contribution in [1.29, 1.82) is 0 Å². The molecule has 0 radical (unpaired) electrons. The van der Waals surface area contributed by atoms with Gasteiger partial charge in [0.1, 0.15) is 11.8 Å². The molecule has 234 valence electrons. The number of aromatic amines is 1. The first-order chi connectivity index (χ1) is 21.1. The van der Waals surface area contributed by atoms with Gasteiger partial charge in [0.15, 0.2) is 6.61 Å². The van der Waals surface area contributed by atoms with Gasteiger partial charge in [-0.15, -0.1) is 11.8 Å². The maximum atomic E-state index is 13.9. The van der Waals surface area contributed by atoms with Gasteiger partial charge in [-0.3, -0.25) is 24.1 Å². The number of thiazole rings is 1. The van der Waals surface area contributed by atoms with Crippen LogP contribution in [0.2, 0.25) is 5.02 Å². The summed E-state index contributed by atoms with van der Waals surface area (Å²) in [6.07, 6.45) is 3.73. The van der Waals surface area contributed by atoms with Gasteiger partial charge < -0.3 is 19.7 Å². The second-order valence-corrected chi connectivity index (χ2v) is 15.6. The fourth-order valence-electron chi connectivity index (χ4n) is 8.62. The Labute approximate surface area is 267 Å². The second kappa shape index (κ2) is 11.2. The van der Waals surface area contributed by atoms with Crippen LogP contribution in [0.15, 0.2) is 28.0 Å². The van der Waals surface area contributed by atoms with Gasteiger partial charge in [-0.1, -0.05) is 36.8 Å². The van der Waals surface area contributed by atoms with E-state index in [0.717, 1.165) is 64.1 Å². The number of fused-ring (bicyclic) bond motifs is 9. The number of carboxylic acid groups (broad SMARTS) is 1. The lowest BCUT2D eigenvalue weighted by Gasteiger charge is -2.43. The molecule has 7 rings (SSSR count). The highest BCUT2D eigenvalue weighted by molar-refractivity contribution is 8.00. The Balaban J connectivity index is 1.26. The lowest BCUT2D eigenvalue weighted by atomic mass is 9.68. The molecule has 2 bridgehead atoms. The SMILES string of the molecule is CC(C)C(C(=O)O)N1C(=O)C2C3CC(C2C1=O)C1C3Sc2[nH]c(=O)sc2[C@@H]1c1cc(Cl)ccc1OCC(=O)N1CCCCC1. The average molecular weight is 660 g/mol. The molecule has 1 aromatic carbocycles. The molecular formula is C31H34ClN3O7S2. The summed E-state index contributed by atoms with van der Waals surface area (Å²) in [5.74, 6) is -3.99. The van der Waals surface area contributed by atoms with E-state index in [1.165, 1.54) is 0 Å². The van der Waals surface area contributed by atoms with Crippen molar-refractivity contribution in [3.63, 3.8) is 0 Å². The van der Waals surface area contributed by atoms with Crippen LogP contribution >= 0.6 is 34.7 Å². The van der Waals surface area contributed by atoms with Gasteiger partial charge in [-0.25, -0.2) is 4.79 Å². The molecule has 3 amide bonds. The van der Waals surface area contributed by atoms with E-state index in [2.05, 4.69) is 4.98 Å². The normalized spacial score (nSPS) is 31.2. The van der Waals surface area contributed by atoms with Gasteiger partial charge in [0.05, 0.1) is 16.9 Å². The summed E-state index contributed by atoms with van der Waals surface area (Å²) >= 11 is 9.23. The van der Waals surface area contributed by atoms with Crippen molar-refractivity contribution in [3.8, 4) is 5.75 Å². The van der Waals surface area contributed by atoms with Crippen molar-refractivity contribution in [2.75, 3.05) is 19.7 Å². The number of hydrogen-bond acceptors (Lipinski definition) is 8. The molecule has 2 aliphatic carbocycles. The minimum Gasteiger partial charge on any atom is -0.483 e. The van der Waals surface area contributed by atoms with Gasteiger partial charge in [0.25, 0.3) is 5.91 Å². The number of nitrogens with zero attached hydrogens (tertiary/aromatic N) is 2. The molecule has 1 aromatic heterocycles. The fourth-order valence-corrected chi connectivity index (χ4v) is 11.7. The Morgan fingerprint density at radius 3 is 2.48 bits per heavy atom. The predicted molar refractivity (Wildman–Crippen MR) is 164 cm³/mol. The number of benzene rings is 1. The number of piperidine rings is 1. The number of imide groups is 1. The monoisotopic (exact) mass is 659 g/mol. The van der Waals surface area contributed by atoms with Crippen molar-refractivity contribution in [3.05, 3.63) is 43.3 Å². The van der Waals surface area contributed by atoms with E-state index in [1.807, 2.05) is 11.0 Å². The number of nitrogens with one attached hydrogen (secondary N) is 1. The Kier molecular flexibility index (Phi) is 7.60. The largest absolute Gasteiger partial charge is 0.483 e. The highest BCUT2D eigenvalue weighted by atomic mass is 35.5. The van der Waals surface area contributed by atoms with E-state index >= 15 is 0 Å². The fraction of sp³-hybridized carbons (Fsp3) is 0.581. The predicted octanol–water partition coefficient (Wildman–Crippen LogP) is 4.06. The smallest absolute Gasteiger partial charge is 0.327 e. The zero-order valence-electron chi connectivity index (χ0n) is 24.4. The zero-order chi connectivity index (χ0) is 31.0. The molecule has 2 N–H and O–H groups in total. The standard InChI is InChI=1S/C31H34ClN3O7S2/c1-13(2)24(30(39)40)35-28(37)22-16-11-17(23(22)29(35)38)25-21(16)20(26-27(43-25)33-31(41)44-26)15-10-14(32)6-7-18(15)42-12-19(36)34-8-4-3-5-9-34/h6-7,10,13,16-17,20-25H,3-5,8-9,11-12H2,1-2H3,(H,33,41)(H,39,40)/t16?,17?,20-,21?,22?,23?,24?,25?/m1/s1. The lowest BCUT2D eigenvalue weighted by molar-refractivity contribution is -0.157. The number of carboxylic acids is 1. The minimum atomic E-state index is -1.21. The van der Waals surface area contributed by atoms with E-state index in [0.29, 0.717) is 17.2 Å². The molecular weight excluding hydrogens is 626 g/mol. The average Bonchev–Trinajstić information content (AvgIpc) is 3.72. The highest BCUT2D eigenvalue weighted by Crippen LogP contribution is 2.69. The third kappa shape index (κ3) is 4.62. The number of thioether (sulfide) groups is 1. The molecule has 0 spiro atoms. The van der Waals surface area contributed by atoms with Crippen molar-refractivity contribution in [1.82, 2.24) is 14.8 Å². The number of halogens is 1. The molecule has 5 aliphatic rings. The number of amides is 3. The molecule has 10 nitrogen and oxygen atoms in total. The third-order valence-electron chi connectivity index (χ3n) is 10.3. The third-order valence-corrected chi connectivity index (χ3v) is 13.1. The molecule has 3 aliphatic heterocycles. The summed E-state index contributed by atoms with van der Waals surface area (Å²) in [5, 5.41) is 11.1. The second-order valence-electron chi connectivity index (χ2n) is 12.9. The first-order valence-electron chi connectivity index (χ1n) is 15.3. The number of aromatic nitrogens is 1. The summed E-state index contributed by atoms with van der Waals surface area (Å²) in [6.45, 7) is 4.73. The molecule has 2 aromatic rings.